The highest BCUT2D eigenvalue weighted by atomic mass is 127. The summed E-state index contributed by atoms with van der Waals surface area (Å²) < 4.78 is 2.76. The molecule has 0 N–H and O–H groups in total. The molecule has 0 saturated heterocycles. The van der Waals surface area contributed by atoms with Gasteiger partial charge < -0.3 is 0 Å². The maximum atomic E-state index is 2.36. The van der Waals surface area contributed by atoms with Crippen molar-refractivity contribution < 1.29 is 0 Å². The van der Waals surface area contributed by atoms with Crippen LogP contribution in [0.4, 0.5) is 0 Å². The normalized spacial score (nSPS) is 16.2. The molecule has 0 heterocycles. The predicted octanol–water partition coefficient (Wildman–Crippen LogP) is 4.44. The maximum absolute atomic E-state index is 2.36. The third-order valence-electron chi connectivity index (χ3n) is 1.60. The highest BCUT2D eigenvalue weighted by molar-refractivity contribution is 14.1. The van der Waals surface area contributed by atoms with Gasteiger partial charge in [-0.25, -0.2) is 0 Å². The Morgan fingerprint density at radius 1 is 0.700 bits per heavy atom. The molecular weight excluding hydrogens is 350 g/mol. The molecule has 0 amide bonds. The lowest BCUT2D eigenvalue weighted by molar-refractivity contribution is 1.30. The quantitative estimate of drug-likeness (QED) is 0.478. The van der Waals surface area contributed by atoms with E-state index >= 15 is 0 Å². The molecule has 0 spiro atoms. The predicted molar refractivity (Wildman–Crippen MR) is 64.8 cm³/mol. The molecule has 0 radical (unpaired) electrons. The first kappa shape index (κ1) is 10.9. The van der Waals surface area contributed by atoms with Gasteiger partial charge in [0, 0.05) is 0 Å². The molecule has 0 bridgehead atoms. The summed E-state index contributed by atoms with van der Waals surface area (Å²) >= 11 is 4.72. The first-order chi connectivity index (χ1) is 4.46. The molecule has 0 unspecified atom stereocenters. The van der Waals surface area contributed by atoms with Gasteiger partial charge in [-0.2, -0.15) is 0 Å². The van der Waals surface area contributed by atoms with E-state index in [2.05, 4.69) is 72.9 Å². The van der Waals surface area contributed by atoms with Gasteiger partial charge >= 0.3 is 0 Å². The van der Waals surface area contributed by atoms with Crippen molar-refractivity contribution in [2.24, 2.45) is 0 Å². The average Bonchev–Trinajstić information content (AvgIpc) is 1.84. The number of hydrogen-bond donors (Lipinski definition) is 0. The molecule has 10 heavy (non-hydrogen) atoms. The van der Waals surface area contributed by atoms with Gasteiger partial charge in [-0.15, -0.1) is 0 Å². The Labute approximate surface area is 90.4 Å². The molecule has 0 aromatic heterocycles. The molecule has 0 aliphatic carbocycles. The summed E-state index contributed by atoms with van der Waals surface area (Å²) in [5, 5.41) is 0. The van der Waals surface area contributed by atoms with E-state index in [4.69, 9.17) is 0 Å². The molecule has 58 valence electrons. The zero-order chi connectivity index (χ0) is 8.31. The first-order valence-corrected chi connectivity index (χ1v) is 5.29. The summed E-state index contributed by atoms with van der Waals surface area (Å²) in [5.41, 5.74) is 2.82. The lowest BCUT2D eigenvalue weighted by atomic mass is 10.1. The second-order valence-corrected chi connectivity index (χ2v) is 5.55. The summed E-state index contributed by atoms with van der Waals surface area (Å²) in [6, 6.07) is 0. The zero-order valence-electron chi connectivity index (χ0n) is 6.76. The first-order valence-electron chi connectivity index (χ1n) is 3.13. The zero-order valence-corrected chi connectivity index (χ0v) is 11.1. The van der Waals surface area contributed by atoms with Gasteiger partial charge in [0.15, 0.2) is 0 Å². The molecule has 0 aromatic carbocycles. The lowest BCUT2D eigenvalue weighted by Gasteiger charge is -2.03. The largest absolute Gasteiger partial charge is 0.0492 e. The van der Waals surface area contributed by atoms with Gasteiger partial charge in [0.05, 0.1) is 0 Å². The van der Waals surface area contributed by atoms with Crippen LogP contribution in [0.25, 0.3) is 0 Å². The van der Waals surface area contributed by atoms with Gasteiger partial charge in [-0.1, -0.05) is 0 Å². The van der Waals surface area contributed by atoms with Gasteiger partial charge in [0.2, 0.25) is 0 Å². The fourth-order valence-corrected chi connectivity index (χ4v) is 1.33. The van der Waals surface area contributed by atoms with Crippen molar-refractivity contribution in [2.75, 3.05) is 0 Å². The van der Waals surface area contributed by atoms with E-state index in [0.717, 1.165) is 0 Å². The van der Waals surface area contributed by atoms with Crippen molar-refractivity contribution in [2.45, 2.75) is 27.7 Å². The minimum absolute atomic E-state index is 1.38. The monoisotopic (exact) mass is 362 g/mol. The van der Waals surface area contributed by atoms with Crippen LogP contribution in [0.5, 0.6) is 0 Å². The van der Waals surface area contributed by atoms with Crippen molar-refractivity contribution in [3.63, 3.8) is 0 Å². The third-order valence-corrected chi connectivity index (χ3v) is 3.21. The molecule has 0 aromatic rings. The number of allylic oxidation sites excluding steroid dienone is 4. The molecule has 2 heteroatoms. The molecule has 0 aliphatic rings. The Hall–Kier alpha value is 0.940. The van der Waals surface area contributed by atoms with Crippen LogP contribution in [-0.2, 0) is 0 Å². The van der Waals surface area contributed by atoms with E-state index in [0.29, 0.717) is 0 Å². The van der Waals surface area contributed by atoms with E-state index < -0.39 is 0 Å². The van der Waals surface area contributed by atoms with Gasteiger partial charge in [0.1, 0.15) is 0 Å². The van der Waals surface area contributed by atoms with Crippen molar-refractivity contribution in [3.8, 4) is 0 Å². The van der Waals surface area contributed by atoms with Crippen LogP contribution in [-0.4, -0.2) is 0 Å². The van der Waals surface area contributed by atoms with E-state index in [9.17, 15) is 0 Å². The Balaban J connectivity index is 4.71. The van der Waals surface area contributed by atoms with Crippen LogP contribution in [0.3, 0.4) is 0 Å². The topological polar surface area (TPSA) is 0 Å². The minimum atomic E-state index is 1.38. The van der Waals surface area contributed by atoms with Gasteiger partial charge in [-0.3, -0.25) is 0 Å². The van der Waals surface area contributed by atoms with E-state index in [1.54, 1.807) is 0 Å². The van der Waals surface area contributed by atoms with Crippen LogP contribution in [0.15, 0.2) is 18.3 Å². The van der Waals surface area contributed by atoms with Crippen molar-refractivity contribution in [1.82, 2.24) is 0 Å². The highest BCUT2D eigenvalue weighted by Gasteiger charge is 1.97. The average molecular weight is 362 g/mol. The molecule has 0 aliphatic heterocycles. The van der Waals surface area contributed by atoms with E-state index in [1.807, 2.05) is 0 Å². The van der Waals surface area contributed by atoms with Crippen LogP contribution in [0.2, 0.25) is 0 Å². The molecule has 0 fully saturated rings. The minimum Gasteiger partial charge on any atom is -0.0492 e. The van der Waals surface area contributed by atoms with Crippen LogP contribution in [0, 0.1) is 0 Å². The van der Waals surface area contributed by atoms with Crippen LogP contribution in [0.1, 0.15) is 27.7 Å². The summed E-state index contributed by atoms with van der Waals surface area (Å²) in [6.07, 6.45) is 0. The summed E-state index contributed by atoms with van der Waals surface area (Å²) in [6.45, 7) is 8.61. The van der Waals surface area contributed by atoms with Crippen LogP contribution < -0.4 is 0 Å². The second-order valence-electron chi connectivity index (χ2n) is 2.32. The number of hydrogen-bond acceptors (Lipinski definition) is 0. The fourth-order valence-electron chi connectivity index (χ4n) is 0.517. The fraction of sp³-hybridized carbons (Fsp3) is 0.500. The standard InChI is InChI=1S/C8H12I2/c1-5(7(3)9)6(2)8(4)10/h1-4H3/b7-5-,8-6-. The van der Waals surface area contributed by atoms with Crippen molar-refractivity contribution >= 4 is 45.2 Å². The molecule has 0 nitrogen and oxygen atoms in total. The Bertz CT molecular complexity index is 157. The van der Waals surface area contributed by atoms with Crippen molar-refractivity contribution in [1.29, 1.82) is 0 Å². The summed E-state index contributed by atoms with van der Waals surface area (Å²) in [4.78, 5) is 0. The maximum Gasteiger partial charge on any atom is -0.00930 e. The molecule has 0 atom stereocenters. The van der Waals surface area contributed by atoms with E-state index in [1.165, 1.54) is 18.3 Å². The van der Waals surface area contributed by atoms with Gasteiger partial charge in [-0.05, 0) is 91.2 Å². The lowest BCUT2D eigenvalue weighted by Crippen LogP contribution is -1.81. The molecular formula is C8H12I2. The SMILES string of the molecule is C/C(I)=C(C)/C(C)=C(/C)I. The van der Waals surface area contributed by atoms with E-state index in [-0.39, 0.29) is 0 Å². The van der Waals surface area contributed by atoms with Gasteiger partial charge in [0.25, 0.3) is 0 Å². The third kappa shape index (κ3) is 3.37. The number of halogens is 2. The van der Waals surface area contributed by atoms with Crippen LogP contribution >= 0.6 is 45.2 Å². The highest BCUT2D eigenvalue weighted by Crippen LogP contribution is 2.23. The summed E-state index contributed by atoms with van der Waals surface area (Å²) in [5.74, 6) is 0. The second kappa shape index (κ2) is 4.74. The Morgan fingerprint density at radius 2 is 0.900 bits per heavy atom. The molecule has 0 rings (SSSR count). The van der Waals surface area contributed by atoms with Crippen molar-refractivity contribution in [3.05, 3.63) is 18.3 Å². The Kier molecular flexibility index (Phi) is 5.19. The molecule has 0 saturated carbocycles. The Morgan fingerprint density at radius 3 is 1.00 bits per heavy atom. The number of rotatable bonds is 1. The smallest absolute Gasteiger partial charge is 0.00930 e. The summed E-state index contributed by atoms with van der Waals surface area (Å²) in [7, 11) is 0.